The van der Waals surface area contributed by atoms with Gasteiger partial charge in [0.05, 0.1) is 0 Å². The zero-order valence-electron chi connectivity index (χ0n) is 8.73. The van der Waals surface area contributed by atoms with Gasteiger partial charge in [0, 0.05) is 13.0 Å². The van der Waals surface area contributed by atoms with Crippen LogP contribution in [-0.2, 0) is 4.74 Å². The largest absolute Gasteiger partial charge is 0.373 e. The number of benzene rings is 1. The van der Waals surface area contributed by atoms with E-state index in [4.69, 9.17) is 4.74 Å². The fourth-order valence-corrected chi connectivity index (χ4v) is 2.11. The van der Waals surface area contributed by atoms with Crippen LogP contribution in [-0.4, -0.2) is 7.11 Å². The summed E-state index contributed by atoms with van der Waals surface area (Å²) in [5.41, 5.74) is 2.74. The minimum atomic E-state index is 0.147. The van der Waals surface area contributed by atoms with Crippen LogP contribution in [0.15, 0.2) is 36.4 Å². The Hall–Kier alpha value is -1.08. The van der Waals surface area contributed by atoms with Crippen LogP contribution >= 0.6 is 0 Å². The molecule has 1 aliphatic carbocycles. The molecular weight excluding hydrogens is 172 g/mol. The lowest BCUT2D eigenvalue weighted by Gasteiger charge is -2.25. The molecule has 1 aliphatic rings. The number of hydrogen-bond acceptors (Lipinski definition) is 1. The van der Waals surface area contributed by atoms with Crippen molar-refractivity contribution in [2.45, 2.75) is 25.4 Å². The first-order chi connectivity index (χ1) is 6.86. The maximum Gasteiger partial charge on any atom is 0.101 e. The molecule has 1 nitrogen and oxygen atoms in total. The molecule has 1 heteroatoms. The van der Waals surface area contributed by atoms with Crippen molar-refractivity contribution in [3.63, 3.8) is 0 Å². The van der Waals surface area contributed by atoms with E-state index in [9.17, 15) is 0 Å². The Labute approximate surface area is 85.4 Å². The molecule has 0 aliphatic heterocycles. The number of ether oxygens (including phenoxy) is 1. The van der Waals surface area contributed by atoms with Gasteiger partial charge < -0.3 is 4.74 Å². The van der Waals surface area contributed by atoms with Crippen molar-refractivity contribution < 1.29 is 4.74 Å². The van der Waals surface area contributed by atoms with Gasteiger partial charge in [-0.15, -0.1) is 0 Å². The maximum atomic E-state index is 5.42. The van der Waals surface area contributed by atoms with E-state index in [0.717, 1.165) is 6.42 Å². The van der Waals surface area contributed by atoms with Crippen molar-refractivity contribution in [1.29, 1.82) is 0 Å². The van der Waals surface area contributed by atoms with Crippen molar-refractivity contribution in [2.24, 2.45) is 0 Å². The molecule has 1 aromatic carbocycles. The van der Waals surface area contributed by atoms with Crippen LogP contribution < -0.4 is 0 Å². The highest BCUT2D eigenvalue weighted by Gasteiger charge is 2.20. The lowest BCUT2D eigenvalue weighted by molar-refractivity contribution is 0.139. The van der Waals surface area contributed by atoms with Gasteiger partial charge in [-0.1, -0.05) is 43.3 Å². The van der Waals surface area contributed by atoms with E-state index in [-0.39, 0.29) is 6.10 Å². The van der Waals surface area contributed by atoms with Crippen molar-refractivity contribution in [1.82, 2.24) is 0 Å². The van der Waals surface area contributed by atoms with Gasteiger partial charge in [0.2, 0.25) is 0 Å². The molecule has 0 saturated heterocycles. The third kappa shape index (κ3) is 1.48. The average molecular weight is 188 g/mol. The second-order valence-corrected chi connectivity index (χ2v) is 3.68. The third-order valence-corrected chi connectivity index (χ3v) is 2.91. The predicted molar refractivity (Wildman–Crippen MR) is 58.4 cm³/mol. The SMILES string of the molecule is CCC1C=CC(OC)c2ccccc21. The van der Waals surface area contributed by atoms with E-state index in [2.05, 4.69) is 43.3 Å². The Balaban J connectivity index is 2.44. The zero-order chi connectivity index (χ0) is 9.97. The van der Waals surface area contributed by atoms with Crippen molar-refractivity contribution in [2.75, 3.05) is 7.11 Å². The van der Waals surface area contributed by atoms with Gasteiger partial charge in [0.15, 0.2) is 0 Å². The quantitative estimate of drug-likeness (QED) is 0.646. The van der Waals surface area contributed by atoms with Gasteiger partial charge in [0.25, 0.3) is 0 Å². The molecule has 2 atom stereocenters. The lowest BCUT2D eigenvalue weighted by Crippen LogP contribution is -2.10. The summed E-state index contributed by atoms with van der Waals surface area (Å²) < 4.78 is 5.42. The minimum Gasteiger partial charge on any atom is -0.373 e. The fourth-order valence-electron chi connectivity index (χ4n) is 2.11. The summed E-state index contributed by atoms with van der Waals surface area (Å²) in [5.74, 6) is 0.567. The normalized spacial score (nSPS) is 24.7. The maximum absolute atomic E-state index is 5.42. The summed E-state index contributed by atoms with van der Waals surface area (Å²) in [5, 5.41) is 0. The number of rotatable bonds is 2. The Morgan fingerprint density at radius 3 is 2.50 bits per heavy atom. The molecule has 0 N–H and O–H groups in total. The average Bonchev–Trinajstić information content (AvgIpc) is 2.27. The Bertz CT molecular complexity index is 308. The van der Waals surface area contributed by atoms with Crippen LogP contribution in [0.5, 0.6) is 0 Å². The predicted octanol–water partition coefficient (Wildman–Crippen LogP) is 3.44. The molecule has 0 fully saturated rings. The van der Waals surface area contributed by atoms with E-state index in [1.807, 2.05) is 0 Å². The molecule has 0 spiro atoms. The van der Waals surface area contributed by atoms with Crippen LogP contribution in [0.2, 0.25) is 0 Å². The first-order valence-electron chi connectivity index (χ1n) is 5.16. The topological polar surface area (TPSA) is 9.23 Å². The van der Waals surface area contributed by atoms with Crippen LogP contribution in [0.4, 0.5) is 0 Å². The number of hydrogen-bond donors (Lipinski definition) is 0. The summed E-state index contributed by atoms with van der Waals surface area (Å²) >= 11 is 0. The number of methoxy groups -OCH3 is 1. The highest BCUT2D eigenvalue weighted by molar-refractivity contribution is 5.40. The molecule has 14 heavy (non-hydrogen) atoms. The molecule has 0 radical (unpaired) electrons. The number of fused-ring (bicyclic) bond motifs is 1. The molecule has 2 rings (SSSR count). The molecule has 74 valence electrons. The first-order valence-corrected chi connectivity index (χ1v) is 5.16. The van der Waals surface area contributed by atoms with Gasteiger partial charge in [-0.05, 0) is 17.5 Å². The van der Waals surface area contributed by atoms with Crippen LogP contribution in [0.3, 0.4) is 0 Å². The van der Waals surface area contributed by atoms with Gasteiger partial charge in [-0.3, -0.25) is 0 Å². The van der Waals surface area contributed by atoms with Crippen LogP contribution in [0, 0.1) is 0 Å². The molecule has 0 heterocycles. The fraction of sp³-hybridized carbons (Fsp3) is 0.385. The van der Waals surface area contributed by atoms with E-state index in [1.165, 1.54) is 11.1 Å². The molecule has 0 bridgehead atoms. The van der Waals surface area contributed by atoms with Gasteiger partial charge in [-0.2, -0.15) is 0 Å². The molecule has 0 aromatic heterocycles. The van der Waals surface area contributed by atoms with E-state index < -0.39 is 0 Å². The van der Waals surface area contributed by atoms with E-state index in [1.54, 1.807) is 7.11 Å². The van der Waals surface area contributed by atoms with Crippen LogP contribution in [0.1, 0.15) is 36.5 Å². The summed E-state index contributed by atoms with van der Waals surface area (Å²) in [4.78, 5) is 0. The van der Waals surface area contributed by atoms with Crippen molar-refractivity contribution >= 4 is 0 Å². The molecule has 0 amide bonds. The summed E-state index contributed by atoms with van der Waals surface area (Å²) in [7, 11) is 1.76. The monoisotopic (exact) mass is 188 g/mol. The second-order valence-electron chi connectivity index (χ2n) is 3.68. The van der Waals surface area contributed by atoms with Crippen LogP contribution in [0.25, 0.3) is 0 Å². The smallest absolute Gasteiger partial charge is 0.101 e. The third-order valence-electron chi connectivity index (χ3n) is 2.91. The molecular formula is C13H16O. The summed E-state index contributed by atoms with van der Waals surface area (Å²) in [6.07, 6.45) is 5.73. The molecule has 1 aromatic rings. The Kier molecular flexibility index (Phi) is 2.69. The Morgan fingerprint density at radius 1 is 1.14 bits per heavy atom. The molecule has 2 unspecified atom stereocenters. The van der Waals surface area contributed by atoms with E-state index >= 15 is 0 Å². The summed E-state index contributed by atoms with van der Waals surface area (Å²) in [6.45, 7) is 2.22. The lowest BCUT2D eigenvalue weighted by atomic mass is 9.85. The number of allylic oxidation sites excluding steroid dienone is 1. The second kappa shape index (κ2) is 3.97. The highest BCUT2D eigenvalue weighted by Crippen LogP contribution is 2.35. The van der Waals surface area contributed by atoms with Crippen molar-refractivity contribution in [3.8, 4) is 0 Å². The summed E-state index contributed by atoms with van der Waals surface area (Å²) in [6, 6.07) is 8.55. The first kappa shape index (κ1) is 9.47. The zero-order valence-corrected chi connectivity index (χ0v) is 8.73. The van der Waals surface area contributed by atoms with E-state index in [0.29, 0.717) is 5.92 Å². The standard InChI is InChI=1S/C13H16O/c1-3-10-8-9-13(14-2)12-7-5-4-6-11(10)12/h4-10,13H,3H2,1-2H3. The molecule has 0 saturated carbocycles. The van der Waals surface area contributed by atoms with Gasteiger partial charge in [-0.25, -0.2) is 0 Å². The van der Waals surface area contributed by atoms with Gasteiger partial charge >= 0.3 is 0 Å². The van der Waals surface area contributed by atoms with Gasteiger partial charge in [0.1, 0.15) is 6.10 Å². The Morgan fingerprint density at radius 2 is 1.86 bits per heavy atom. The van der Waals surface area contributed by atoms with Crippen molar-refractivity contribution in [3.05, 3.63) is 47.5 Å². The highest BCUT2D eigenvalue weighted by atomic mass is 16.5. The minimum absolute atomic E-state index is 0.147.